The second-order valence-corrected chi connectivity index (χ2v) is 5.39. The Morgan fingerprint density at radius 2 is 1.95 bits per heavy atom. The van der Waals surface area contributed by atoms with E-state index in [0.717, 1.165) is 25.7 Å². The van der Waals surface area contributed by atoms with Crippen molar-refractivity contribution in [2.24, 2.45) is 5.92 Å². The van der Waals surface area contributed by atoms with Gasteiger partial charge in [0.1, 0.15) is 17.3 Å². The van der Waals surface area contributed by atoms with Gasteiger partial charge in [-0.1, -0.05) is 39.3 Å². The standard InChI is InChI=1S/C14H22ClN3O/c1-5-11(6-2)18(7-10(3)4)14-12(8-19)13(15)16-9-17-14/h8-11H,5-7H2,1-4H3. The van der Waals surface area contributed by atoms with Crippen LogP contribution < -0.4 is 4.90 Å². The van der Waals surface area contributed by atoms with Crippen LogP contribution in [0.2, 0.25) is 5.15 Å². The van der Waals surface area contributed by atoms with E-state index in [0.29, 0.717) is 23.3 Å². The molecule has 0 atom stereocenters. The van der Waals surface area contributed by atoms with Gasteiger partial charge in [0.15, 0.2) is 6.29 Å². The van der Waals surface area contributed by atoms with Gasteiger partial charge in [-0.05, 0) is 18.8 Å². The average molecular weight is 284 g/mol. The van der Waals surface area contributed by atoms with Gasteiger partial charge in [-0.2, -0.15) is 0 Å². The summed E-state index contributed by atoms with van der Waals surface area (Å²) in [5, 5.41) is 0.222. The van der Waals surface area contributed by atoms with E-state index in [1.54, 1.807) is 0 Å². The Morgan fingerprint density at radius 3 is 2.42 bits per heavy atom. The number of anilines is 1. The van der Waals surface area contributed by atoms with Crippen LogP contribution in [0.25, 0.3) is 0 Å². The molecule has 0 bridgehead atoms. The number of carbonyl (C=O) groups excluding carboxylic acids is 1. The van der Waals surface area contributed by atoms with E-state index in [4.69, 9.17) is 11.6 Å². The Labute approximate surface area is 120 Å². The number of hydrogen-bond acceptors (Lipinski definition) is 4. The summed E-state index contributed by atoms with van der Waals surface area (Å²) in [6, 6.07) is 0.354. The summed E-state index contributed by atoms with van der Waals surface area (Å²) in [5.41, 5.74) is 0.386. The van der Waals surface area contributed by atoms with Gasteiger partial charge in [0, 0.05) is 12.6 Å². The van der Waals surface area contributed by atoms with Crippen LogP contribution in [-0.4, -0.2) is 28.8 Å². The van der Waals surface area contributed by atoms with Crippen molar-refractivity contribution in [2.45, 2.75) is 46.6 Å². The SMILES string of the molecule is CCC(CC)N(CC(C)C)c1ncnc(Cl)c1C=O. The molecule has 0 N–H and O–H groups in total. The van der Waals surface area contributed by atoms with E-state index in [1.807, 2.05) is 0 Å². The van der Waals surface area contributed by atoms with Crippen LogP contribution in [-0.2, 0) is 0 Å². The van der Waals surface area contributed by atoms with Crippen molar-refractivity contribution in [3.05, 3.63) is 17.0 Å². The fourth-order valence-electron chi connectivity index (χ4n) is 2.23. The van der Waals surface area contributed by atoms with Crippen LogP contribution >= 0.6 is 11.6 Å². The summed E-state index contributed by atoms with van der Waals surface area (Å²) in [6.07, 6.45) is 4.17. The third-order valence-electron chi connectivity index (χ3n) is 3.15. The molecule has 0 aliphatic carbocycles. The molecule has 0 amide bonds. The van der Waals surface area contributed by atoms with E-state index in [-0.39, 0.29) is 5.15 Å². The average Bonchev–Trinajstić information content (AvgIpc) is 2.38. The largest absolute Gasteiger partial charge is 0.353 e. The van der Waals surface area contributed by atoms with Gasteiger partial charge in [0.2, 0.25) is 0 Å². The van der Waals surface area contributed by atoms with Crippen molar-refractivity contribution in [2.75, 3.05) is 11.4 Å². The van der Waals surface area contributed by atoms with Gasteiger partial charge in [-0.25, -0.2) is 9.97 Å². The maximum atomic E-state index is 11.2. The molecular formula is C14H22ClN3O. The first-order valence-corrected chi connectivity index (χ1v) is 7.15. The van der Waals surface area contributed by atoms with Gasteiger partial charge >= 0.3 is 0 Å². The van der Waals surface area contributed by atoms with Crippen molar-refractivity contribution in [3.63, 3.8) is 0 Å². The predicted molar refractivity (Wildman–Crippen MR) is 79.0 cm³/mol. The van der Waals surface area contributed by atoms with Gasteiger partial charge in [-0.3, -0.25) is 4.79 Å². The van der Waals surface area contributed by atoms with E-state index in [9.17, 15) is 4.79 Å². The van der Waals surface area contributed by atoms with Gasteiger partial charge in [0.05, 0.1) is 5.56 Å². The topological polar surface area (TPSA) is 46.1 Å². The molecule has 0 unspecified atom stereocenters. The lowest BCUT2D eigenvalue weighted by Crippen LogP contribution is -2.38. The molecule has 4 nitrogen and oxygen atoms in total. The third kappa shape index (κ3) is 3.90. The zero-order chi connectivity index (χ0) is 14.4. The van der Waals surface area contributed by atoms with Crippen LogP contribution in [0, 0.1) is 5.92 Å². The Morgan fingerprint density at radius 1 is 1.32 bits per heavy atom. The zero-order valence-corrected chi connectivity index (χ0v) is 12.8. The van der Waals surface area contributed by atoms with Crippen molar-refractivity contribution in [1.29, 1.82) is 0 Å². The summed E-state index contributed by atoms with van der Waals surface area (Å²) in [6.45, 7) is 9.44. The van der Waals surface area contributed by atoms with E-state index >= 15 is 0 Å². The van der Waals surface area contributed by atoms with Crippen molar-refractivity contribution >= 4 is 23.7 Å². The van der Waals surface area contributed by atoms with E-state index in [2.05, 4.69) is 42.6 Å². The number of aromatic nitrogens is 2. The highest BCUT2D eigenvalue weighted by Crippen LogP contribution is 2.26. The molecule has 0 aliphatic heterocycles. The van der Waals surface area contributed by atoms with Crippen molar-refractivity contribution in [3.8, 4) is 0 Å². The van der Waals surface area contributed by atoms with E-state index in [1.165, 1.54) is 6.33 Å². The minimum Gasteiger partial charge on any atom is -0.353 e. The molecule has 0 aromatic carbocycles. The van der Waals surface area contributed by atoms with Crippen LogP contribution in [0.5, 0.6) is 0 Å². The smallest absolute Gasteiger partial charge is 0.156 e. The van der Waals surface area contributed by atoms with E-state index < -0.39 is 0 Å². The van der Waals surface area contributed by atoms with Crippen LogP contribution in [0.3, 0.4) is 0 Å². The molecule has 0 saturated carbocycles. The molecule has 106 valence electrons. The predicted octanol–water partition coefficient (Wildman–Crippen LogP) is 3.59. The molecule has 19 heavy (non-hydrogen) atoms. The number of rotatable bonds is 7. The summed E-state index contributed by atoms with van der Waals surface area (Å²) in [7, 11) is 0. The summed E-state index contributed by atoms with van der Waals surface area (Å²) in [5.74, 6) is 1.13. The fraction of sp³-hybridized carbons (Fsp3) is 0.643. The summed E-state index contributed by atoms with van der Waals surface area (Å²) >= 11 is 5.99. The highest BCUT2D eigenvalue weighted by atomic mass is 35.5. The minimum absolute atomic E-state index is 0.222. The second kappa shape index (κ2) is 7.43. The molecule has 0 fully saturated rings. The zero-order valence-electron chi connectivity index (χ0n) is 12.1. The molecule has 0 radical (unpaired) electrons. The Kier molecular flexibility index (Phi) is 6.22. The Hall–Kier alpha value is -1.16. The molecule has 1 aromatic heterocycles. The minimum atomic E-state index is 0.222. The van der Waals surface area contributed by atoms with Crippen LogP contribution in [0.4, 0.5) is 5.82 Å². The molecule has 0 spiro atoms. The molecule has 5 heteroatoms. The lowest BCUT2D eigenvalue weighted by Gasteiger charge is -2.33. The third-order valence-corrected chi connectivity index (χ3v) is 3.45. The Bertz CT molecular complexity index is 419. The molecule has 0 saturated heterocycles. The first-order valence-electron chi connectivity index (χ1n) is 6.77. The first-order chi connectivity index (χ1) is 9.04. The summed E-state index contributed by atoms with van der Waals surface area (Å²) in [4.78, 5) is 21.6. The van der Waals surface area contributed by atoms with Crippen molar-refractivity contribution < 1.29 is 4.79 Å². The quantitative estimate of drug-likeness (QED) is 0.567. The normalized spacial score (nSPS) is 11.1. The fourth-order valence-corrected chi connectivity index (χ4v) is 2.40. The molecular weight excluding hydrogens is 262 g/mol. The van der Waals surface area contributed by atoms with Gasteiger partial charge in [0.25, 0.3) is 0 Å². The number of nitrogens with zero attached hydrogens (tertiary/aromatic N) is 3. The highest BCUT2D eigenvalue weighted by molar-refractivity contribution is 6.32. The molecule has 1 aromatic rings. The van der Waals surface area contributed by atoms with Crippen molar-refractivity contribution in [1.82, 2.24) is 9.97 Å². The monoisotopic (exact) mass is 283 g/mol. The first kappa shape index (κ1) is 15.9. The summed E-state index contributed by atoms with van der Waals surface area (Å²) < 4.78 is 0. The second-order valence-electron chi connectivity index (χ2n) is 5.04. The number of aldehydes is 1. The number of halogens is 1. The lowest BCUT2D eigenvalue weighted by atomic mass is 10.1. The van der Waals surface area contributed by atoms with Gasteiger partial charge in [-0.15, -0.1) is 0 Å². The molecule has 1 rings (SSSR count). The van der Waals surface area contributed by atoms with Crippen LogP contribution in [0.15, 0.2) is 6.33 Å². The Balaban J connectivity index is 3.23. The maximum Gasteiger partial charge on any atom is 0.156 e. The lowest BCUT2D eigenvalue weighted by molar-refractivity contribution is 0.112. The number of carbonyl (C=O) groups is 1. The molecule has 1 heterocycles. The highest BCUT2D eigenvalue weighted by Gasteiger charge is 2.22. The molecule has 0 aliphatic rings. The van der Waals surface area contributed by atoms with Gasteiger partial charge < -0.3 is 4.90 Å². The van der Waals surface area contributed by atoms with Crippen LogP contribution in [0.1, 0.15) is 50.9 Å². The maximum absolute atomic E-state index is 11.2. The number of hydrogen-bond donors (Lipinski definition) is 0.